The van der Waals surface area contributed by atoms with Crippen molar-refractivity contribution in [2.75, 3.05) is 0 Å². The van der Waals surface area contributed by atoms with Crippen LogP contribution in [0.1, 0.15) is 36.2 Å². The van der Waals surface area contributed by atoms with Crippen molar-refractivity contribution < 1.29 is 0 Å². The molecule has 96 valence electrons. The van der Waals surface area contributed by atoms with Crippen LogP contribution in [0, 0.1) is 25.2 Å². The molecule has 2 aromatic rings. The lowest BCUT2D eigenvalue weighted by Gasteiger charge is -2.09. The molecule has 0 saturated carbocycles. The highest BCUT2D eigenvalue weighted by atomic mass is 14.9. The Bertz CT molecular complexity index is 626. The predicted octanol–water partition coefficient (Wildman–Crippen LogP) is 3.78. The van der Waals surface area contributed by atoms with E-state index >= 15 is 0 Å². The second-order valence-corrected chi connectivity index (χ2v) is 4.71. The van der Waals surface area contributed by atoms with Gasteiger partial charge in [0.25, 0.3) is 0 Å². The van der Waals surface area contributed by atoms with Crippen molar-refractivity contribution in [3.63, 3.8) is 0 Å². The smallest absolute Gasteiger partial charge is 0.146 e. The maximum absolute atomic E-state index is 9.11. The van der Waals surface area contributed by atoms with Gasteiger partial charge < -0.3 is 0 Å². The third-order valence-electron chi connectivity index (χ3n) is 3.22. The van der Waals surface area contributed by atoms with E-state index in [-0.39, 0.29) is 5.92 Å². The zero-order chi connectivity index (χ0) is 13.8. The van der Waals surface area contributed by atoms with Gasteiger partial charge in [-0.2, -0.15) is 5.26 Å². The molecule has 0 radical (unpaired) electrons. The van der Waals surface area contributed by atoms with Crippen LogP contribution in [0.15, 0.2) is 30.5 Å². The monoisotopic (exact) mass is 251 g/mol. The van der Waals surface area contributed by atoms with Gasteiger partial charge in [-0.3, -0.25) is 0 Å². The average Bonchev–Trinajstić information content (AvgIpc) is 2.43. The summed E-state index contributed by atoms with van der Waals surface area (Å²) in [5, 5.41) is 9.11. The van der Waals surface area contributed by atoms with Crippen LogP contribution in [0.4, 0.5) is 0 Å². The van der Waals surface area contributed by atoms with Crippen LogP contribution in [0.5, 0.6) is 0 Å². The third-order valence-corrected chi connectivity index (χ3v) is 3.22. The first kappa shape index (κ1) is 13.2. The Hall–Kier alpha value is -2.21. The summed E-state index contributed by atoms with van der Waals surface area (Å²) in [7, 11) is 0. The van der Waals surface area contributed by atoms with Crippen LogP contribution in [0.3, 0.4) is 0 Å². The fourth-order valence-electron chi connectivity index (χ4n) is 2.04. The summed E-state index contributed by atoms with van der Waals surface area (Å²) in [5.41, 5.74) is 4.38. The van der Waals surface area contributed by atoms with E-state index in [1.165, 1.54) is 11.1 Å². The molecule has 1 atom stereocenters. The third kappa shape index (κ3) is 2.79. The maximum Gasteiger partial charge on any atom is 0.146 e. The van der Waals surface area contributed by atoms with Crippen LogP contribution in [0.2, 0.25) is 0 Å². The molecule has 0 bridgehead atoms. The summed E-state index contributed by atoms with van der Waals surface area (Å²) in [5.74, 6) is 0.383. The SMILES string of the molecule is CCC(C#N)c1nccc(-c2cc(C)ccc2C)n1. The van der Waals surface area contributed by atoms with Gasteiger partial charge in [0.1, 0.15) is 11.7 Å². The quantitative estimate of drug-likeness (QED) is 0.834. The fraction of sp³-hybridized carbons (Fsp3) is 0.312. The van der Waals surface area contributed by atoms with E-state index in [2.05, 4.69) is 48.1 Å². The molecule has 2 rings (SSSR count). The Morgan fingerprint density at radius 1 is 1.26 bits per heavy atom. The normalized spacial score (nSPS) is 11.9. The van der Waals surface area contributed by atoms with Gasteiger partial charge >= 0.3 is 0 Å². The molecule has 0 aliphatic rings. The summed E-state index contributed by atoms with van der Waals surface area (Å²) in [6.45, 7) is 6.11. The van der Waals surface area contributed by atoms with Crippen molar-refractivity contribution in [2.24, 2.45) is 0 Å². The lowest BCUT2D eigenvalue weighted by Crippen LogP contribution is -2.02. The number of nitrogens with zero attached hydrogens (tertiary/aromatic N) is 3. The second kappa shape index (κ2) is 5.62. The molecule has 0 amide bonds. The summed E-state index contributed by atoms with van der Waals surface area (Å²) < 4.78 is 0. The molecule has 1 aromatic heterocycles. The first-order valence-electron chi connectivity index (χ1n) is 6.46. The predicted molar refractivity (Wildman–Crippen MR) is 75.6 cm³/mol. The molecule has 0 fully saturated rings. The summed E-state index contributed by atoms with van der Waals surface area (Å²) >= 11 is 0. The maximum atomic E-state index is 9.11. The minimum atomic E-state index is -0.231. The molecule has 0 spiro atoms. The van der Waals surface area contributed by atoms with Gasteiger partial charge in [0.05, 0.1) is 11.8 Å². The van der Waals surface area contributed by atoms with Gasteiger partial charge in [-0.1, -0.05) is 24.6 Å². The van der Waals surface area contributed by atoms with Crippen molar-refractivity contribution in [2.45, 2.75) is 33.1 Å². The Labute approximate surface area is 114 Å². The fourth-order valence-corrected chi connectivity index (χ4v) is 2.04. The Kier molecular flexibility index (Phi) is 3.91. The molecule has 0 N–H and O–H groups in total. The van der Waals surface area contributed by atoms with Crippen LogP contribution in [-0.2, 0) is 0 Å². The summed E-state index contributed by atoms with van der Waals surface area (Å²) in [6, 6.07) is 10.4. The van der Waals surface area contributed by atoms with E-state index in [0.717, 1.165) is 17.7 Å². The van der Waals surface area contributed by atoms with Crippen molar-refractivity contribution in [3.05, 3.63) is 47.4 Å². The summed E-state index contributed by atoms with van der Waals surface area (Å²) in [6.07, 6.45) is 2.46. The Morgan fingerprint density at radius 2 is 2.05 bits per heavy atom. The van der Waals surface area contributed by atoms with Gasteiger partial charge in [-0.15, -0.1) is 0 Å². The highest BCUT2D eigenvalue weighted by Gasteiger charge is 2.13. The zero-order valence-electron chi connectivity index (χ0n) is 11.5. The molecular formula is C16H17N3. The number of aryl methyl sites for hydroxylation is 2. The molecule has 1 heterocycles. The zero-order valence-corrected chi connectivity index (χ0v) is 11.5. The van der Waals surface area contributed by atoms with Crippen molar-refractivity contribution in [3.8, 4) is 17.3 Å². The van der Waals surface area contributed by atoms with Gasteiger partial charge in [0.2, 0.25) is 0 Å². The molecule has 1 unspecified atom stereocenters. The molecule has 3 heteroatoms. The minimum absolute atomic E-state index is 0.231. The second-order valence-electron chi connectivity index (χ2n) is 4.71. The number of aromatic nitrogens is 2. The number of nitriles is 1. The van der Waals surface area contributed by atoms with Gasteiger partial charge in [0, 0.05) is 11.8 Å². The molecule has 3 nitrogen and oxygen atoms in total. The van der Waals surface area contributed by atoms with Gasteiger partial charge in [0.15, 0.2) is 0 Å². The number of rotatable bonds is 3. The van der Waals surface area contributed by atoms with Gasteiger partial charge in [-0.25, -0.2) is 9.97 Å². The van der Waals surface area contributed by atoms with Crippen molar-refractivity contribution in [1.82, 2.24) is 9.97 Å². The van der Waals surface area contributed by atoms with E-state index < -0.39 is 0 Å². The van der Waals surface area contributed by atoms with Crippen molar-refractivity contribution >= 4 is 0 Å². The van der Waals surface area contributed by atoms with E-state index in [4.69, 9.17) is 5.26 Å². The van der Waals surface area contributed by atoms with Crippen LogP contribution in [0.25, 0.3) is 11.3 Å². The molecular weight excluding hydrogens is 234 g/mol. The molecule has 0 aliphatic heterocycles. The molecule has 19 heavy (non-hydrogen) atoms. The van der Waals surface area contributed by atoms with E-state index in [0.29, 0.717) is 5.82 Å². The lowest BCUT2D eigenvalue weighted by molar-refractivity contribution is 0.751. The Balaban J connectivity index is 2.49. The van der Waals surface area contributed by atoms with Crippen molar-refractivity contribution in [1.29, 1.82) is 5.26 Å². The molecule has 1 aromatic carbocycles. The largest absolute Gasteiger partial charge is 0.240 e. The Morgan fingerprint density at radius 3 is 2.74 bits per heavy atom. The molecule has 0 aliphatic carbocycles. The number of hydrogen-bond acceptors (Lipinski definition) is 3. The van der Waals surface area contributed by atoms with Crippen LogP contribution in [-0.4, -0.2) is 9.97 Å². The number of hydrogen-bond donors (Lipinski definition) is 0. The van der Waals surface area contributed by atoms with E-state index in [9.17, 15) is 0 Å². The molecule has 0 saturated heterocycles. The highest BCUT2D eigenvalue weighted by molar-refractivity contribution is 5.64. The highest BCUT2D eigenvalue weighted by Crippen LogP contribution is 2.24. The van der Waals surface area contributed by atoms with Crippen LogP contribution < -0.4 is 0 Å². The van der Waals surface area contributed by atoms with Crippen LogP contribution >= 0.6 is 0 Å². The first-order chi connectivity index (χ1) is 9.15. The number of benzene rings is 1. The topological polar surface area (TPSA) is 49.6 Å². The van der Waals surface area contributed by atoms with Gasteiger partial charge in [-0.05, 0) is 38.0 Å². The standard InChI is InChI=1S/C16H17N3/c1-4-13(10-17)16-18-8-7-15(19-16)14-9-11(2)5-6-12(14)3/h5-9,13H,4H2,1-3H3. The van der Waals surface area contributed by atoms with E-state index in [1.807, 2.05) is 13.0 Å². The minimum Gasteiger partial charge on any atom is -0.240 e. The summed E-state index contributed by atoms with van der Waals surface area (Å²) in [4.78, 5) is 8.78. The average molecular weight is 251 g/mol. The lowest BCUT2D eigenvalue weighted by atomic mass is 10.0. The van der Waals surface area contributed by atoms with E-state index in [1.54, 1.807) is 6.20 Å². The first-order valence-corrected chi connectivity index (χ1v) is 6.46.